The highest BCUT2D eigenvalue weighted by atomic mass is 32.1. The summed E-state index contributed by atoms with van der Waals surface area (Å²) in [5.41, 5.74) is 5.84. The third-order valence-electron chi connectivity index (χ3n) is 2.91. The number of rotatable bonds is 8. The van der Waals surface area contributed by atoms with Gasteiger partial charge in [-0.15, -0.1) is 0 Å². The van der Waals surface area contributed by atoms with E-state index in [0.717, 1.165) is 0 Å². The average Bonchev–Trinajstić information content (AvgIpc) is 2.46. The molecule has 7 heteroatoms. The van der Waals surface area contributed by atoms with Gasteiger partial charge < -0.3 is 25.2 Å². The Bertz CT molecular complexity index is 508. The molecule has 0 spiro atoms. The van der Waals surface area contributed by atoms with Gasteiger partial charge in [-0.05, 0) is 18.2 Å². The smallest absolute Gasteiger partial charge is 0.254 e. The minimum atomic E-state index is -0.221. The van der Waals surface area contributed by atoms with Crippen LogP contribution in [0.1, 0.15) is 16.8 Å². The van der Waals surface area contributed by atoms with Crippen LogP contribution in [0.4, 0.5) is 0 Å². The molecule has 0 aromatic heterocycles. The number of ether oxygens (including phenoxy) is 2. The maximum absolute atomic E-state index is 12.4. The number of carbonyl (C=O) groups is 1. The molecule has 3 N–H and O–H groups in total. The molecule has 0 aliphatic carbocycles. The summed E-state index contributed by atoms with van der Waals surface area (Å²) in [7, 11) is 3.01. The molecule has 0 saturated carbocycles. The van der Waals surface area contributed by atoms with Crippen molar-refractivity contribution in [1.29, 1.82) is 0 Å². The largest absolute Gasteiger partial charge is 0.504 e. The Morgan fingerprint density at radius 3 is 2.62 bits per heavy atom. The second kappa shape index (κ2) is 8.43. The van der Waals surface area contributed by atoms with Crippen molar-refractivity contribution in [3.05, 3.63) is 23.8 Å². The maximum atomic E-state index is 12.4. The zero-order valence-corrected chi connectivity index (χ0v) is 13.0. The molecule has 0 heterocycles. The molecule has 0 radical (unpaired) electrons. The average molecular weight is 312 g/mol. The van der Waals surface area contributed by atoms with E-state index in [1.165, 1.54) is 13.2 Å². The van der Waals surface area contributed by atoms with Gasteiger partial charge in [-0.2, -0.15) is 0 Å². The van der Waals surface area contributed by atoms with Gasteiger partial charge in [0.15, 0.2) is 11.5 Å². The van der Waals surface area contributed by atoms with E-state index in [9.17, 15) is 9.90 Å². The first kappa shape index (κ1) is 17.2. The van der Waals surface area contributed by atoms with E-state index in [2.05, 4.69) is 0 Å². The van der Waals surface area contributed by atoms with Gasteiger partial charge in [0.1, 0.15) is 0 Å². The van der Waals surface area contributed by atoms with Crippen molar-refractivity contribution in [3.8, 4) is 11.5 Å². The van der Waals surface area contributed by atoms with Crippen LogP contribution in [0.5, 0.6) is 11.5 Å². The lowest BCUT2D eigenvalue weighted by Gasteiger charge is -2.22. The lowest BCUT2D eigenvalue weighted by molar-refractivity contribution is 0.0701. The Morgan fingerprint density at radius 2 is 2.10 bits per heavy atom. The Labute approximate surface area is 129 Å². The number of phenols is 1. The van der Waals surface area contributed by atoms with Crippen molar-refractivity contribution in [2.45, 2.75) is 6.42 Å². The van der Waals surface area contributed by atoms with Crippen molar-refractivity contribution in [2.75, 3.05) is 33.9 Å². The monoisotopic (exact) mass is 312 g/mol. The molecule has 0 aliphatic rings. The van der Waals surface area contributed by atoms with Crippen LogP contribution < -0.4 is 10.5 Å². The number of methoxy groups -OCH3 is 2. The fourth-order valence-corrected chi connectivity index (χ4v) is 1.86. The summed E-state index contributed by atoms with van der Waals surface area (Å²) in [5.74, 6) is 0.0174. The molecule has 0 bridgehead atoms. The van der Waals surface area contributed by atoms with E-state index in [1.807, 2.05) is 0 Å². The molecule has 21 heavy (non-hydrogen) atoms. The fourth-order valence-electron chi connectivity index (χ4n) is 1.77. The summed E-state index contributed by atoms with van der Waals surface area (Å²) in [6, 6.07) is 4.52. The minimum Gasteiger partial charge on any atom is -0.504 e. The van der Waals surface area contributed by atoms with Gasteiger partial charge in [0.2, 0.25) is 0 Å². The topological polar surface area (TPSA) is 85.0 Å². The third kappa shape index (κ3) is 5.20. The van der Waals surface area contributed by atoms with Crippen LogP contribution in [-0.2, 0) is 4.74 Å². The van der Waals surface area contributed by atoms with E-state index in [4.69, 9.17) is 27.4 Å². The van der Waals surface area contributed by atoms with E-state index < -0.39 is 0 Å². The molecule has 1 rings (SSSR count). The van der Waals surface area contributed by atoms with Crippen molar-refractivity contribution < 1.29 is 19.4 Å². The van der Waals surface area contributed by atoms with Gasteiger partial charge in [-0.25, -0.2) is 0 Å². The number of amides is 1. The predicted octanol–water partition coefficient (Wildman–Crippen LogP) is 1.17. The quantitative estimate of drug-likeness (QED) is 0.701. The number of thiocarbonyl (C=S) groups is 1. The summed E-state index contributed by atoms with van der Waals surface area (Å²) in [6.07, 6.45) is 0.437. The van der Waals surface area contributed by atoms with Crippen molar-refractivity contribution in [3.63, 3.8) is 0 Å². The highest BCUT2D eigenvalue weighted by Crippen LogP contribution is 2.26. The van der Waals surface area contributed by atoms with Gasteiger partial charge in [0, 0.05) is 32.2 Å². The molecule has 1 amide bonds. The molecular formula is C14H20N2O4S. The zero-order chi connectivity index (χ0) is 15.8. The number of aromatic hydroxyl groups is 1. The summed E-state index contributed by atoms with van der Waals surface area (Å²) in [5, 5.41) is 9.76. The Hall–Kier alpha value is -1.86. The molecule has 1 aromatic carbocycles. The Kier molecular flexibility index (Phi) is 6.90. The molecule has 116 valence electrons. The second-order valence-corrected chi connectivity index (χ2v) is 4.91. The van der Waals surface area contributed by atoms with Gasteiger partial charge >= 0.3 is 0 Å². The van der Waals surface area contributed by atoms with Gasteiger partial charge in [0.25, 0.3) is 5.91 Å². The lowest BCUT2D eigenvalue weighted by Crippen LogP contribution is -2.36. The first-order chi connectivity index (χ1) is 9.99. The molecule has 1 aromatic rings. The van der Waals surface area contributed by atoms with Crippen LogP contribution in [0.3, 0.4) is 0 Å². The van der Waals surface area contributed by atoms with Crippen LogP contribution in [-0.4, -0.2) is 54.8 Å². The van der Waals surface area contributed by atoms with Crippen LogP contribution in [0.2, 0.25) is 0 Å². The van der Waals surface area contributed by atoms with Gasteiger partial charge in [-0.1, -0.05) is 12.2 Å². The fraction of sp³-hybridized carbons (Fsp3) is 0.429. The van der Waals surface area contributed by atoms with Crippen LogP contribution in [0.15, 0.2) is 18.2 Å². The summed E-state index contributed by atoms with van der Waals surface area (Å²) < 4.78 is 9.95. The van der Waals surface area contributed by atoms with E-state index in [-0.39, 0.29) is 11.7 Å². The molecule has 0 fully saturated rings. The summed E-state index contributed by atoms with van der Waals surface area (Å²) in [4.78, 5) is 14.4. The van der Waals surface area contributed by atoms with Crippen molar-refractivity contribution in [2.24, 2.45) is 5.73 Å². The van der Waals surface area contributed by atoms with E-state index in [0.29, 0.717) is 42.4 Å². The van der Waals surface area contributed by atoms with Crippen molar-refractivity contribution in [1.82, 2.24) is 4.90 Å². The number of nitrogens with two attached hydrogens (primary N) is 1. The van der Waals surface area contributed by atoms with Gasteiger partial charge in [-0.3, -0.25) is 4.79 Å². The van der Waals surface area contributed by atoms with Crippen LogP contribution >= 0.6 is 12.2 Å². The lowest BCUT2D eigenvalue weighted by atomic mass is 10.1. The van der Waals surface area contributed by atoms with Gasteiger partial charge in [0.05, 0.1) is 18.7 Å². The number of nitrogens with zero attached hydrogens (tertiary/aromatic N) is 1. The molecule has 0 saturated heterocycles. The predicted molar refractivity (Wildman–Crippen MR) is 83.8 cm³/mol. The first-order valence-electron chi connectivity index (χ1n) is 6.43. The molecule has 0 atom stereocenters. The standard InChI is InChI=1S/C14H20N2O4S/c1-19-8-7-16(6-5-13(15)21)14(18)10-3-4-12(20-2)11(17)9-10/h3-4,9,17H,5-8H2,1-2H3,(H2,15,21). The second-order valence-electron chi connectivity index (χ2n) is 4.39. The third-order valence-corrected chi connectivity index (χ3v) is 3.11. The Morgan fingerprint density at radius 1 is 1.38 bits per heavy atom. The number of phenolic OH excluding ortho intramolecular Hbond substituents is 1. The highest BCUT2D eigenvalue weighted by molar-refractivity contribution is 7.80. The minimum absolute atomic E-state index is 0.0793. The number of benzene rings is 1. The van der Waals surface area contributed by atoms with Crippen LogP contribution in [0, 0.1) is 0 Å². The normalized spacial score (nSPS) is 10.2. The molecular weight excluding hydrogens is 292 g/mol. The molecule has 0 aliphatic heterocycles. The Balaban J connectivity index is 2.87. The highest BCUT2D eigenvalue weighted by Gasteiger charge is 2.17. The van der Waals surface area contributed by atoms with Crippen molar-refractivity contribution >= 4 is 23.1 Å². The van der Waals surface area contributed by atoms with Crippen LogP contribution in [0.25, 0.3) is 0 Å². The number of carbonyl (C=O) groups excluding carboxylic acids is 1. The SMILES string of the molecule is COCCN(CCC(N)=S)C(=O)c1ccc(OC)c(O)c1. The maximum Gasteiger partial charge on any atom is 0.254 e. The zero-order valence-electron chi connectivity index (χ0n) is 12.2. The molecule has 6 nitrogen and oxygen atoms in total. The molecule has 0 unspecified atom stereocenters. The number of hydrogen-bond donors (Lipinski definition) is 2. The van der Waals surface area contributed by atoms with E-state index in [1.54, 1.807) is 24.1 Å². The first-order valence-corrected chi connectivity index (χ1v) is 6.84. The van der Waals surface area contributed by atoms with E-state index >= 15 is 0 Å². The summed E-state index contributed by atoms with van der Waals surface area (Å²) >= 11 is 4.84. The number of hydrogen-bond acceptors (Lipinski definition) is 5. The summed E-state index contributed by atoms with van der Waals surface area (Å²) in [6.45, 7) is 1.24.